The summed E-state index contributed by atoms with van der Waals surface area (Å²) in [6, 6.07) is 0. The Morgan fingerprint density at radius 1 is 0.474 bits per heavy atom. The summed E-state index contributed by atoms with van der Waals surface area (Å²) in [6.45, 7) is 0. The minimum absolute atomic E-state index is 0.0385. The van der Waals surface area contributed by atoms with Crippen LogP contribution >= 0.6 is 294 Å². The zero-order valence-corrected chi connectivity index (χ0v) is 36.0. The minimum atomic E-state index is 0.0385. The van der Waals surface area contributed by atoms with Crippen molar-refractivity contribution in [2.45, 2.75) is 5.15 Å². The van der Waals surface area contributed by atoms with Crippen molar-refractivity contribution in [2.75, 3.05) is 0 Å². The van der Waals surface area contributed by atoms with Gasteiger partial charge in [0.05, 0.1) is 0 Å². The van der Waals surface area contributed by atoms with Crippen LogP contribution in [0.25, 0.3) is 0 Å². The summed E-state index contributed by atoms with van der Waals surface area (Å²) >= 11 is 33.7. The normalized spacial score (nSPS) is 18.6. The summed E-state index contributed by atoms with van der Waals surface area (Å²) in [4.78, 5) is 0. The Labute approximate surface area is 291 Å². The first-order valence-corrected chi connectivity index (χ1v) is 17.7. The average molecular weight is 1720 g/mol. The van der Waals surface area contributed by atoms with E-state index in [1.54, 1.807) is 0 Å². The number of rotatable bonds is 5. The summed E-state index contributed by atoms with van der Waals surface area (Å²) in [5.41, 5.74) is 0. The standard InChI is InChI=1S/C6I13/c7-1(8)2(9,5(14,15)16)3(10,11)4(12,13)6(17,18)19. The molecule has 0 rings (SSSR count). The Balaban J connectivity index is 6.13. The number of hydrogen-bond donors (Lipinski definition) is 0. The molecule has 0 aromatic carbocycles. The second kappa shape index (κ2) is 10.7. The predicted molar refractivity (Wildman–Crippen MR) is 199 cm³/mol. The molecule has 1 radical (unpaired) electrons. The molecule has 0 saturated heterocycles. The van der Waals surface area contributed by atoms with Gasteiger partial charge >= 0.3 is 0 Å². The molecular weight excluding hydrogens is 1720 g/mol. The third-order valence-electron chi connectivity index (χ3n) is 1.83. The lowest BCUT2D eigenvalue weighted by molar-refractivity contribution is 0.734. The van der Waals surface area contributed by atoms with Crippen molar-refractivity contribution in [1.29, 1.82) is 0 Å². The van der Waals surface area contributed by atoms with Crippen LogP contribution in [0, 0.1) is 1.93 Å². The molecule has 0 aliphatic rings. The molecule has 0 bridgehead atoms. The second-order valence-corrected chi connectivity index (χ2v) is 41.6. The molecule has 0 aromatic heterocycles. The van der Waals surface area contributed by atoms with Crippen LogP contribution in [-0.2, 0) is 0 Å². The van der Waals surface area contributed by atoms with Crippen molar-refractivity contribution in [1.82, 2.24) is 0 Å². The largest absolute Gasteiger partial charge is 0.149 e. The summed E-state index contributed by atoms with van der Waals surface area (Å²) in [5, 5.41) is 0. The van der Waals surface area contributed by atoms with Crippen LogP contribution < -0.4 is 0 Å². The highest BCUT2D eigenvalue weighted by Gasteiger charge is 2.71. The summed E-state index contributed by atoms with van der Waals surface area (Å²) in [5.74, 6) is 0. The van der Waals surface area contributed by atoms with Crippen LogP contribution in [0.1, 0.15) is 0 Å². The van der Waals surface area contributed by atoms with Gasteiger partial charge in [0.2, 0.25) is 0 Å². The van der Waals surface area contributed by atoms with Gasteiger partial charge in [-0.3, -0.25) is 0 Å². The smallest absolute Gasteiger partial charge is 0.0708 e. The number of halogens is 13. The van der Waals surface area contributed by atoms with Gasteiger partial charge < -0.3 is 0 Å². The predicted octanol–water partition coefficient (Wildman–Crippen LogP) is 10.6. The van der Waals surface area contributed by atoms with Crippen molar-refractivity contribution >= 4 is 294 Å². The number of alkyl halides is 11. The van der Waals surface area contributed by atoms with E-state index in [9.17, 15) is 0 Å². The molecule has 0 heterocycles. The van der Waals surface area contributed by atoms with E-state index in [1.165, 1.54) is 1.93 Å². The molecule has 1 atom stereocenters. The summed E-state index contributed by atoms with van der Waals surface area (Å²) in [7, 11) is 0. The zero-order chi connectivity index (χ0) is 16.1. The summed E-state index contributed by atoms with van der Waals surface area (Å²) in [6.07, 6.45) is 0. The van der Waals surface area contributed by atoms with Gasteiger partial charge in [-0.1, -0.05) is 294 Å². The van der Waals surface area contributed by atoms with Gasteiger partial charge in [-0.25, -0.2) is 0 Å². The third-order valence-corrected chi connectivity index (χ3v) is 34.5. The highest BCUT2D eigenvalue weighted by atomic mass is 127. The fourth-order valence-corrected chi connectivity index (χ4v) is 21.4. The molecule has 19 heavy (non-hydrogen) atoms. The Morgan fingerprint density at radius 3 is 0.947 bits per heavy atom. The molecule has 1 unspecified atom stereocenters. The van der Waals surface area contributed by atoms with E-state index in [2.05, 4.69) is 294 Å². The van der Waals surface area contributed by atoms with Gasteiger partial charge in [-0.15, -0.1) is 0 Å². The van der Waals surface area contributed by atoms with Crippen LogP contribution in [-0.4, -0.2) is 5.15 Å². The lowest BCUT2D eigenvalue weighted by Gasteiger charge is -2.53. The molecule has 0 aliphatic carbocycles. The molecule has 0 amide bonds. The summed E-state index contributed by atoms with van der Waals surface area (Å²) < 4.78 is 1.79. The van der Waals surface area contributed by atoms with Crippen molar-refractivity contribution in [3.63, 3.8) is 0 Å². The first-order valence-electron chi connectivity index (χ1n) is 3.71. The van der Waals surface area contributed by atoms with E-state index in [0.717, 1.165) is 0 Å². The molecule has 0 N–H and O–H groups in total. The maximum Gasteiger partial charge on any atom is 0.149 e. The molecule has 0 spiro atoms. The highest BCUT2D eigenvalue weighted by Crippen LogP contribution is 2.76. The monoisotopic (exact) mass is 1720 g/mol. The average Bonchev–Trinajstić information content (AvgIpc) is 2.11. The Morgan fingerprint density at radius 2 is 0.789 bits per heavy atom. The van der Waals surface area contributed by atoms with Crippen LogP contribution in [0.3, 0.4) is 0 Å². The zero-order valence-electron chi connectivity index (χ0n) is 7.91. The molecular formula is C6I13. The van der Waals surface area contributed by atoms with Crippen molar-refractivity contribution in [2.24, 2.45) is 0 Å². The van der Waals surface area contributed by atoms with Gasteiger partial charge in [0.25, 0.3) is 0 Å². The van der Waals surface area contributed by atoms with Gasteiger partial charge in [0.1, 0.15) is 7.08 Å². The SMILES string of the molecule is I[C](I)C(I)(C(I)(I)I)C(I)(I)C(I)(I)C(I)(I)I. The maximum absolute atomic E-state index is 2.67. The van der Waals surface area contributed by atoms with Crippen LogP contribution in [0.4, 0.5) is 0 Å². The Kier molecular flexibility index (Phi) is 16.0. The van der Waals surface area contributed by atoms with Crippen molar-refractivity contribution in [3.05, 3.63) is 1.93 Å². The van der Waals surface area contributed by atoms with Crippen molar-refractivity contribution in [3.8, 4) is 0 Å². The van der Waals surface area contributed by atoms with E-state index in [0.29, 0.717) is 0 Å². The van der Waals surface area contributed by atoms with E-state index in [4.69, 9.17) is 0 Å². The van der Waals surface area contributed by atoms with Gasteiger partial charge in [0, 0.05) is 0 Å². The van der Waals surface area contributed by atoms with Crippen LogP contribution in [0.5, 0.6) is 0 Å². The van der Waals surface area contributed by atoms with E-state index in [-0.39, 0.29) is 5.15 Å². The third kappa shape index (κ3) is 6.74. The van der Waals surface area contributed by atoms with E-state index in [1.807, 2.05) is 0 Å². The molecule has 115 valence electrons. The molecule has 0 aliphatic heterocycles. The first kappa shape index (κ1) is 28.5. The van der Waals surface area contributed by atoms with Gasteiger partial charge in [-0.05, 0) is 0 Å². The molecule has 0 fully saturated rings. The first-order chi connectivity index (χ1) is 7.94. The number of hydrogen-bond acceptors (Lipinski definition) is 0. The quantitative estimate of drug-likeness (QED) is 0.190. The Hall–Kier alpha value is 9.49. The fourth-order valence-electron chi connectivity index (χ4n) is 0.798. The van der Waals surface area contributed by atoms with Crippen LogP contribution in [0.15, 0.2) is 0 Å². The van der Waals surface area contributed by atoms with Gasteiger partial charge in [0.15, 0.2) is 0 Å². The van der Waals surface area contributed by atoms with Gasteiger partial charge in [-0.2, -0.15) is 0 Å². The Bertz CT molecular complexity index is 321. The molecule has 0 aromatic rings. The van der Waals surface area contributed by atoms with E-state index < -0.39 is 0 Å². The molecule has 0 saturated carbocycles. The molecule has 13 heteroatoms. The fraction of sp³-hybridized carbons (Fsp3) is 0.833. The minimum Gasteiger partial charge on any atom is -0.0708 e. The van der Waals surface area contributed by atoms with E-state index >= 15 is 0 Å². The lowest BCUT2D eigenvalue weighted by Crippen LogP contribution is -2.61. The highest BCUT2D eigenvalue weighted by molar-refractivity contribution is 14.3. The molecule has 0 nitrogen and oxygen atoms in total. The lowest BCUT2D eigenvalue weighted by atomic mass is 10.1. The second-order valence-electron chi connectivity index (χ2n) is 3.06. The van der Waals surface area contributed by atoms with Crippen molar-refractivity contribution < 1.29 is 0 Å². The topological polar surface area (TPSA) is 0 Å². The van der Waals surface area contributed by atoms with Crippen LogP contribution in [0.2, 0.25) is 0 Å². The maximum atomic E-state index is 2.67.